The van der Waals surface area contributed by atoms with E-state index in [0.29, 0.717) is 25.3 Å². The van der Waals surface area contributed by atoms with Gasteiger partial charge in [-0.3, -0.25) is 9.48 Å². The zero-order valence-corrected chi connectivity index (χ0v) is 15.5. The van der Waals surface area contributed by atoms with E-state index in [1.54, 1.807) is 6.20 Å². The van der Waals surface area contributed by atoms with Crippen molar-refractivity contribution in [2.24, 2.45) is 0 Å². The van der Waals surface area contributed by atoms with Gasteiger partial charge in [-0.05, 0) is 42.7 Å². The van der Waals surface area contributed by atoms with Crippen LogP contribution in [0.5, 0.6) is 0 Å². The average Bonchev–Trinajstić information content (AvgIpc) is 3.21. The van der Waals surface area contributed by atoms with Gasteiger partial charge in [0.15, 0.2) is 0 Å². The molecule has 0 bridgehead atoms. The van der Waals surface area contributed by atoms with Gasteiger partial charge >= 0.3 is 0 Å². The molecule has 0 aliphatic carbocycles. The van der Waals surface area contributed by atoms with Crippen LogP contribution in [-0.4, -0.2) is 28.8 Å². The van der Waals surface area contributed by atoms with Gasteiger partial charge in [-0.1, -0.05) is 42.5 Å². The van der Waals surface area contributed by atoms with Crippen molar-refractivity contribution in [3.8, 4) is 0 Å². The lowest BCUT2D eigenvalue weighted by Crippen LogP contribution is -2.25. The smallest absolute Gasteiger partial charge is 0.251 e. The van der Waals surface area contributed by atoms with Gasteiger partial charge in [0, 0.05) is 31.1 Å². The van der Waals surface area contributed by atoms with Crippen molar-refractivity contribution in [2.75, 3.05) is 13.2 Å². The van der Waals surface area contributed by atoms with Crippen molar-refractivity contribution in [2.45, 2.75) is 26.0 Å². The molecule has 5 heteroatoms. The minimum atomic E-state index is -0.0586. The second kappa shape index (κ2) is 9.69. The van der Waals surface area contributed by atoms with Crippen molar-refractivity contribution in [3.05, 3.63) is 89.7 Å². The lowest BCUT2D eigenvalue weighted by atomic mass is 10.1. The van der Waals surface area contributed by atoms with Gasteiger partial charge in [0.05, 0.1) is 12.6 Å². The van der Waals surface area contributed by atoms with Crippen molar-refractivity contribution in [1.82, 2.24) is 15.1 Å². The molecule has 0 radical (unpaired) electrons. The number of nitrogens with one attached hydrogen (secondary N) is 1. The van der Waals surface area contributed by atoms with Crippen molar-refractivity contribution >= 4 is 5.91 Å². The van der Waals surface area contributed by atoms with E-state index in [-0.39, 0.29) is 12.0 Å². The van der Waals surface area contributed by atoms with E-state index in [1.807, 2.05) is 66.3 Å². The highest BCUT2D eigenvalue weighted by Crippen LogP contribution is 2.15. The summed E-state index contributed by atoms with van der Waals surface area (Å²) >= 11 is 0. The molecule has 3 aromatic rings. The Balaban J connectivity index is 1.36. The molecule has 27 heavy (non-hydrogen) atoms. The molecule has 0 saturated carbocycles. The zero-order valence-electron chi connectivity index (χ0n) is 15.5. The Morgan fingerprint density at radius 2 is 1.89 bits per heavy atom. The molecular weight excluding hydrogens is 338 g/mol. The Morgan fingerprint density at radius 3 is 2.59 bits per heavy atom. The van der Waals surface area contributed by atoms with Gasteiger partial charge in [-0.25, -0.2) is 0 Å². The molecule has 0 spiro atoms. The van der Waals surface area contributed by atoms with Crippen molar-refractivity contribution in [3.63, 3.8) is 0 Å². The Hall–Kier alpha value is -2.92. The number of carbonyl (C=O) groups is 1. The number of rotatable bonds is 9. The SMILES string of the molecule is CC(OCCCNC(=O)c1ccc(Cn2cccn2)cc1)c1ccccc1. The Labute approximate surface area is 160 Å². The second-order valence-electron chi connectivity index (χ2n) is 6.43. The van der Waals surface area contributed by atoms with Gasteiger partial charge < -0.3 is 10.1 Å². The van der Waals surface area contributed by atoms with Crippen LogP contribution in [0.2, 0.25) is 0 Å². The molecule has 0 aliphatic rings. The number of benzene rings is 2. The first-order chi connectivity index (χ1) is 13.2. The minimum Gasteiger partial charge on any atom is -0.374 e. The van der Waals surface area contributed by atoms with Crippen LogP contribution < -0.4 is 5.32 Å². The molecule has 0 saturated heterocycles. The number of hydrogen-bond donors (Lipinski definition) is 1. The molecule has 1 aromatic heterocycles. The zero-order chi connectivity index (χ0) is 18.9. The van der Waals surface area contributed by atoms with Crippen LogP contribution in [0.4, 0.5) is 0 Å². The first kappa shape index (κ1) is 18.9. The fraction of sp³-hybridized carbons (Fsp3) is 0.273. The summed E-state index contributed by atoms with van der Waals surface area (Å²) < 4.78 is 7.67. The molecule has 0 fully saturated rings. The van der Waals surface area contributed by atoms with Crippen LogP contribution in [0, 0.1) is 0 Å². The van der Waals surface area contributed by atoms with Crippen molar-refractivity contribution in [1.29, 1.82) is 0 Å². The summed E-state index contributed by atoms with van der Waals surface area (Å²) in [4.78, 5) is 12.2. The normalized spacial score (nSPS) is 11.9. The summed E-state index contributed by atoms with van der Waals surface area (Å²) in [6, 6.07) is 19.6. The fourth-order valence-electron chi connectivity index (χ4n) is 2.80. The average molecular weight is 363 g/mol. The van der Waals surface area contributed by atoms with E-state index < -0.39 is 0 Å². The maximum atomic E-state index is 12.2. The third-order valence-electron chi connectivity index (χ3n) is 4.36. The van der Waals surface area contributed by atoms with Crippen LogP contribution in [0.15, 0.2) is 73.1 Å². The van der Waals surface area contributed by atoms with E-state index in [0.717, 1.165) is 17.5 Å². The lowest BCUT2D eigenvalue weighted by molar-refractivity contribution is 0.0635. The van der Waals surface area contributed by atoms with Gasteiger partial charge in [-0.15, -0.1) is 0 Å². The van der Waals surface area contributed by atoms with Crippen molar-refractivity contribution < 1.29 is 9.53 Å². The van der Waals surface area contributed by atoms with Crippen LogP contribution in [0.3, 0.4) is 0 Å². The van der Waals surface area contributed by atoms with Crippen LogP contribution in [0.25, 0.3) is 0 Å². The summed E-state index contributed by atoms with van der Waals surface area (Å²) in [5.74, 6) is -0.0586. The monoisotopic (exact) mass is 363 g/mol. The first-order valence-electron chi connectivity index (χ1n) is 9.23. The molecule has 1 atom stereocenters. The summed E-state index contributed by atoms with van der Waals surface area (Å²) in [7, 11) is 0. The third-order valence-corrected chi connectivity index (χ3v) is 4.36. The third kappa shape index (κ3) is 5.79. The maximum absolute atomic E-state index is 12.2. The Bertz CT molecular complexity index is 815. The van der Waals surface area contributed by atoms with Gasteiger partial charge in [0.2, 0.25) is 0 Å². The summed E-state index contributed by atoms with van der Waals surface area (Å²) in [6.45, 7) is 3.94. The Morgan fingerprint density at radius 1 is 1.11 bits per heavy atom. The lowest BCUT2D eigenvalue weighted by Gasteiger charge is -2.13. The molecule has 1 N–H and O–H groups in total. The number of aromatic nitrogens is 2. The molecule has 1 unspecified atom stereocenters. The molecule has 2 aromatic carbocycles. The van der Waals surface area contributed by atoms with E-state index in [1.165, 1.54) is 0 Å². The van der Waals surface area contributed by atoms with Gasteiger partial charge in [-0.2, -0.15) is 5.10 Å². The predicted molar refractivity (Wildman–Crippen MR) is 106 cm³/mol. The summed E-state index contributed by atoms with van der Waals surface area (Å²) in [5, 5.41) is 7.13. The van der Waals surface area contributed by atoms with E-state index in [2.05, 4.69) is 22.5 Å². The number of ether oxygens (including phenoxy) is 1. The summed E-state index contributed by atoms with van der Waals surface area (Å²) in [6.07, 6.45) is 4.51. The van der Waals surface area contributed by atoms with Crippen LogP contribution in [-0.2, 0) is 11.3 Å². The molecular formula is C22H25N3O2. The number of hydrogen-bond acceptors (Lipinski definition) is 3. The topological polar surface area (TPSA) is 56.1 Å². The maximum Gasteiger partial charge on any atom is 0.251 e. The molecule has 5 nitrogen and oxygen atoms in total. The molecule has 0 aliphatic heterocycles. The number of carbonyl (C=O) groups excluding carboxylic acids is 1. The molecule has 1 amide bonds. The van der Waals surface area contributed by atoms with Gasteiger partial charge in [0.1, 0.15) is 0 Å². The number of amides is 1. The quantitative estimate of drug-likeness (QED) is 0.588. The van der Waals surface area contributed by atoms with Crippen LogP contribution in [0.1, 0.15) is 40.9 Å². The minimum absolute atomic E-state index is 0.0586. The highest BCUT2D eigenvalue weighted by molar-refractivity contribution is 5.94. The molecule has 140 valence electrons. The van der Waals surface area contributed by atoms with E-state index >= 15 is 0 Å². The largest absolute Gasteiger partial charge is 0.374 e. The predicted octanol–water partition coefficient (Wildman–Crippen LogP) is 3.83. The van der Waals surface area contributed by atoms with E-state index in [4.69, 9.17) is 4.74 Å². The Kier molecular flexibility index (Phi) is 6.77. The highest BCUT2D eigenvalue weighted by atomic mass is 16.5. The van der Waals surface area contributed by atoms with Crippen LogP contribution >= 0.6 is 0 Å². The van der Waals surface area contributed by atoms with E-state index in [9.17, 15) is 4.79 Å². The molecule has 3 rings (SSSR count). The standard InChI is InChI=1S/C22H25N3O2/c1-18(20-7-3-2-4-8-20)27-16-6-13-23-22(26)21-11-9-19(10-12-21)17-25-15-5-14-24-25/h2-5,7-12,14-15,18H,6,13,16-17H2,1H3,(H,23,26). The number of nitrogens with zero attached hydrogens (tertiary/aromatic N) is 2. The summed E-state index contributed by atoms with van der Waals surface area (Å²) in [5.41, 5.74) is 2.94. The molecule has 1 heterocycles. The fourth-order valence-corrected chi connectivity index (χ4v) is 2.80. The van der Waals surface area contributed by atoms with Gasteiger partial charge in [0.25, 0.3) is 5.91 Å². The first-order valence-corrected chi connectivity index (χ1v) is 9.23. The highest BCUT2D eigenvalue weighted by Gasteiger charge is 2.07. The second-order valence-corrected chi connectivity index (χ2v) is 6.43.